The van der Waals surface area contributed by atoms with Crippen LogP contribution in [0.15, 0.2) is 0 Å². The Labute approximate surface area is 79.0 Å². The van der Waals surface area contributed by atoms with Gasteiger partial charge in [0.2, 0.25) is 0 Å². The van der Waals surface area contributed by atoms with Crippen molar-refractivity contribution in [3.8, 4) is 0 Å². The third kappa shape index (κ3) is 18.0. The number of rotatable bonds is 6. The standard InChI is InChI=1S/2C3H7O.2FH.Hf/c2*1-2-3-4;;;/h2*2-3H2,1H3;2*1H;/q2*-1;;;+2. The van der Waals surface area contributed by atoms with Crippen LogP contribution in [0.3, 0.4) is 0 Å². The second kappa shape index (κ2) is 16.9. The van der Waals surface area contributed by atoms with Crippen LogP contribution in [-0.4, -0.2) is 13.2 Å². The molecule has 0 aliphatic carbocycles. The predicted octanol–water partition coefficient (Wildman–Crippen LogP) is 2.06. The van der Waals surface area contributed by atoms with Gasteiger partial charge in [0.05, 0.1) is 0 Å². The molecule has 0 fully saturated rings. The molecule has 0 amide bonds. The van der Waals surface area contributed by atoms with E-state index in [1.54, 1.807) is 0 Å². The molecule has 0 aliphatic rings. The monoisotopic (exact) mass is 338 g/mol. The Hall–Kier alpha value is 0.650. The van der Waals surface area contributed by atoms with Gasteiger partial charge in [-0.15, -0.1) is 0 Å². The van der Waals surface area contributed by atoms with Crippen molar-refractivity contribution in [2.75, 3.05) is 13.2 Å². The third-order valence-corrected chi connectivity index (χ3v) is 3.04. The van der Waals surface area contributed by atoms with E-state index in [0.717, 1.165) is 26.1 Å². The van der Waals surface area contributed by atoms with E-state index in [9.17, 15) is 0 Å². The first kappa shape index (κ1) is 17.7. The Kier molecular flexibility index (Phi) is 27.2. The van der Waals surface area contributed by atoms with Crippen molar-refractivity contribution < 1.29 is 38.9 Å². The van der Waals surface area contributed by atoms with E-state index in [4.69, 9.17) is 5.71 Å². The number of hydrogen-bond acceptors (Lipinski definition) is 2. The molecule has 0 atom stereocenters. The average molecular weight is 337 g/mol. The minimum atomic E-state index is -1.04. The second-order valence-electron chi connectivity index (χ2n) is 1.78. The van der Waals surface area contributed by atoms with Crippen LogP contribution < -0.4 is 0 Å². The van der Waals surface area contributed by atoms with Gasteiger partial charge >= 0.3 is 69.4 Å². The zero-order valence-corrected chi connectivity index (χ0v) is 10.6. The van der Waals surface area contributed by atoms with E-state index in [1.165, 1.54) is 0 Å². The van der Waals surface area contributed by atoms with Gasteiger partial charge in [0, 0.05) is 0 Å². The molecule has 5 heteroatoms. The predicted molar refractivity (Wildman–Crippen MR) is 37.5 cm³/mol. The van der Waals surface area contributed by atoms with Crippen molar-refractivity contribution in [1.29, 1.82) is 0 Å². The molecule has 0 bridgehead atoms. The summed E-state index contributed by atoms with van der Waals surface area (Å²) in [4.78, 5) is 0. The van der Waals surface area contributed by atoms with Gasteiger partial charge in [-0.3, -0.25) is 9.41 Å². The van der Waals surface area contributed by atoms with Crippen molar-refractivity contribution in [1.82, 2.24) is 0 Å². The van der Waals surface area contributed by atoms with Gasteiger partial charge in [0.25, 0.3) is 0 Å². The molecule has 0 radical (unpaired) electrons. The molecule has 0 rings (SSSR count). The summed E-state index contributed by atoms with van der Waals surface area (Å²) in [5.41, 5.74) is 0. The largest absolute Gasteiger partial charge is 0.269 e. The van der Waals surface area contributed by atoms with Crippen LogP contribution in [0.1, 0.15) is 26.7 Å². The molecule has 0 spiro atoms. The van der Waals surface area contributed by atoms with Crippen molar-refractivity contribution in [3.63, 3.8) is 0 Å². The first-order chi connectivity index (χ1) is 4.41. The van der Waals surface area contributed by atoms with Gasteiger partial charge in [-0.25, -0.2) is 0 Å². The van der Waals surface area contributed by atoms with Crippen LogP contribution in [0.25, 0.3) is 0 Å². The molecule has 11 heavy (non-hydrogen) atoms. The maximum atomic E-state index is 5.26. The molecular weight excluding hydrogens is 321 g/mol. The molecule has 0 unspecified atom stereocenters. The summed E-state index contributed by atoms with van der Waals surface area (Å²) in [5.74, 6) is 0. The molecule has 0 saturated carbocycles. The Bertz CT molecular complexity index is 51.8. The zero-order valence-electron chi connectivity index (χ0n) is 6.96. The van der Waals surface area contributed by atoms with E-state index >= 15 is 0 Å². The summed E-state index contributed by atoms with van der Waals surface area (Å²) < 4.78 is 10.5. The first-order valence-corrected chi connectivity index (χ1v) is 6.33. The number of halogens is 2. The molecule has 0 aromatic carbocycles. The Balaban J connectivity index is -0.000000320. The third-order valence-electron chi connectivity index (χ3n) is 0.730. The molecule has 0 aromatic heterocycles. The van der Waals surface area contributed by atoms with E-state index in [2.05, 4.69) is 13.8 Å². The summed E-state index contributed by atoms with van der Waals surface area (Å²) >= 11 is -1.04. The topological polar surface area (TPSA) is 18.5 Å². The van der Waals surface area contributed by atoms with Gasteiger partial charge in [0.15, 0.2) is 0 Å². The molecule has 0 heterocycles. The second-order valence-corrected chi connectivity index (χ2v) is 4.45. The molecule has 0 N–H and O–H groups in total. The van der Waals surface area contributed by atoms with Crippen LogP contribution in [0.2, 0.25) is 0 Å². The van der Waals surface area contributed by atoms with Crippen molar-refractivity contribution in [3.05, 3.63) is 0 Å². The Morgan fingerprint density at radius 1 is 0.909 bits per heavy atom. The summed E-state index contributed by atoms with van der Waals surface area (Å²) in [6.45, 7) is 6.02. The minimum absolute atomic E-state index is 0. The fourth-order valence-corrected chi connectivity index (χ4v) is 2.69. The van der Waals surface area contributed by atoms with E-state index in [1.807, 2.05) is 0 Å². The van der Waals surface area contributed by atoms with Crippen LogP contribution in [0, 0.1) is 0 Å². The quantitative estimate of drug-likeness (QED) is 0.546. The number of hydrogen-bond donors (Lipinski definition) is 0. The van der Waals surface area contributed by atoms with Crippen LogP contribution in [-0.2, 0) is 29.5 Å². The molecule has 0 aliphatic heterocycles. The molecular formula is C6H16F2HfO2. The van der Waals surface area contributed by atoms with E-state index in [-0.39, 0.29) is 9.41 Å². The zero-order chi connectivity index (χ0) is 6.95. The van der Waals surface area contributed by atoms with E-state index < -0.39 is 23.8 Å². The maximum absolute atomic E-state index is 5.26. The van der Waals surface area contributed by atoms with Crippen molar-refractivity contribution >= 4 is 0 Å². The first-order valence-electron chi connectivity index (χ1n) is 3.40. The van der Waals surface area contributed by atoms with Crippen molar-refractivity contribution in [2.24, 2.45) is 0 Å². The summed E-state index contributed by atoms with van der Waals surface area (Å²) in [6, 6.07) is 0. The van der Waals surface area contributed by atoms with Gasteiger partial charge in [0.1, 0.15) is 0 Å². The summed E-state index contributed by atoms with van der Waals surface area (Å²) in [5, 5.41) is 0. The molecule has 2 nitrogen and oxygen atoms in total. The van der Waals surface area contributed by atoms with Crippen LogP contribution in [0.4, 0.5) is 9.41 Å². The summed E-state index contributed by atoms with van der Waals surface area (Å²) in [6.07, 6.45) is 2.23. The SMILES string of the molecule is CCC[O][Hf][O]CCC.F.F. The van der Waals surface area contributed by atoms with Gasteiger partial charge in [-0.1, -0.05) is 0 Å². The Morgan fingerprint density at radius 3 is 1.55 bits per heavy atom. The van der Waals surface area contributed by atoms with E-state index in [0.29, 0.717) is 0 Å². The average Bonchev–Trinajstić information content (AvgIpc) is 1.89. The fourth-order valence-electron chi connectivity index (χ4n) is 0.329. The molecule has 0 aromatic rings. The van der Waals surface area contributed by atoms with Gasteiger partial charge < -0.3 is 0 Å². The van der Waals surface area contributed by atoms with Gasteiger partial charge in [-0.2, -0.15) is 0 Å². The normalized spacial score (nSPS) is 7.82. The van der Waals surface area contributed by atoms with Crippen LogP contribution >= 0.6 is 0 Å². The van der Waals surface area contributed by atoms with Crippen molar-refractivity contribution in [2.45, 2.75) is 26.7 Å². The van der Waals surface area contributed by atoms with Crippen LogP contribution in [0.5, 0.6) is 0 Å². The fraction of sp³-hybridized carbons (Fsp3) is 1.00. The van der Waals surface area contributed by atoms with Gasteiger partial charge in [-0.05, 0) is 0 Å². The molecule has 0 saturated heterocycles. The maximum Gasteiger partial charge on any atom is -0.269 e. The smallest absolute Gasteiger partial charge is 0.269 e. The minimum Gasteiger partial charge on any atom is -0.269 e. The Morgan fingerprint density at radius 2 is 1.27 bits per heavy atom. The molecule has 70 valence electrons. The summed E-state index contributed by atoms with van der Waals surface area (Å²) in [7, 11) is 0.